The van der Waals surface area contributed by atoms with Crippen molar-refractivity contribution in [1.29, 1.82) is 0 Å². The summed E-state index contributed by atoms with van der Waals surface area (Å²) in [5, 5.41) is 20.0. The molecule has 1 saturated carbocycles. The molecule has 3 aliphatic rings. The predicted octanol–water partition coefficient (Wildman–Crippen LogP) is 5.12. The number of carboxylic acids is 1. The molecular formula is C37H46N6O6S. The summed E-state index contributed by atoms with van der Waals surface area (Å²) in [7, 11) is -2.15. The highest BCUT2D eigenvalue weighted by Crippen LogP contribution is 2.48. The number of carbonyl (C=O) groups is 1. The summed E-state index contributed by atoms with van der Waals surface area (Å²) in [6.45, 7) is 12.8. The second-order valence-electron chi connectivity index (χ2n) is 14.9. The fraction of sp³-hybridized carbons (Fsp3) is 0.514. The number of carboxylic acid groups (broad SMARTS) is 1. The molecule has 1 atom stereocenters. The van der Waals surface area contributed by atoms with E-state index in [0.29, 0.717) is 23.7 Å². The van der Waals surface area contributed by atoms with Gasteiger partial charge in [-0.05, 0) is 108 Å². The van der Waals surface area contributed by atoms with Crippen LogP contribution in [0.3, 0.4) is 0 Å². The highest BCUT2D eigenvalue weighted by Gasteiger charge is 2.53. The molecule has 266 valence electrons. The first-order chi connectivity index (χ1) is 23.7. The molecule has 2 fully saturated rings. The highest BCUT2D eigenvalue weighted by atomic mass is 32.2. The van der Waals surface area contributed by atoms with Crippen LogP contribution < -0.4 is 9.47 Å². The Morgan fingerprint density at radius 1 is 1.06 bits per heavy atom. The van der Waals surface area contributed by atoms with E-state index >= 15 is 0 Å². The van der Waals surface area contributed by atoms with E-state index in [1.54, 1.807) is 19.9 Å². The molecule has 13 heteroatoms. The van der Waals surface area contributed by atoms with Crippen molar-refractivity contribution in [2.75, 3.05) is 32.8 Å². The van der Waals surface area contributed by atoms with Crippen molar-refractivity contribution < 1.29 is 27.8 Å². The van der Waals surface area contributed by atoms with Crippen molar-refractivity contribution in [3.05, 3.63) is 70.0 Å². The van der Waals surface area contributed by atoms with E-state index in [9.17, 15) is 18.3 Å². The molecule has 1 saturated heterocycles. The quantitative estimate of drug-likeness (QED) is 0.237. The Bertz CT molecular complexity index is 2080. The molecule has 0 bridgehead atoms. The van der Waals surface area contributed by atoms with Crippen LogP contribution in [0.5, 0.6) is 11.8 Å². The molecule has 50 heavy (non-hydrogen) atoms. The maximum atomic E-state index is 14.4. The molecule has 7 rings (SSSR count). The molecule has 2 aliphatic heterocycles. The Kier molecular flexibility index (Phi) is 8.67. The first kappa shape index (κ1) is 34.4. The smallest absolute Gasteiger partial charge is 0.310 e. The van der Waals surface area contributed by atoms with Gasteiger partial charge in [0.1, 0.15) is 17.1 Å². The molecule has 0 unspecified atom stereocenters. The lowest BCUT2D eigenvalue weighted by Crippen LogP contribution is -2.38. The number of fused-ring (bicyclic) bond motifs is 2. The molecule has 1 aliphatic carbocycles. The first-order valence-corrected chi connectivity index (χ1v) is 18.8. The summed E-state index contributed by atoms with van der Waals surface area (Å²) in [5.41, 5.74) is 3.44. The van der Waals surface area contributed by atoms with Crippen LogP contribution >= 0.6 is 0 Å². The Morgan fingerprint density at radius 3 is 2.50 bits per heavy atom. The Labute approximate surface area is 293 Å². The van der Waals surface area contributed by atoms with E-state index in [2.05, 4.69) is 20.1 Å². The van der Waals surface area contributed by atoms with E-state index in [0.717, 1.165) is 65.9 Å². The third kappa shape index (κ3) is 6.24. The van der Waals surface area contributed by atoms with E-state index in [1.807, 2.05) is 62.7 Å². The minimum Gasteiger partial charge on any atom is -0.481 e. The molecule has 3 aromatic heterocycles. The molecule has 1 aromatic carbocycles. The molecule has 0 radical (unpaired) electrons. The number of benzene rings is 1. The summed E-state index contributed by atoms with van der Waals surface area (Å²) in [6, 6.07) is 11.4. The van der Waals surface area contributed by atoms with Gasteiger partial charge in [-0.15, -0.1) is 5.10 Å². The van der Waals surface area contributed by atoms with Gasteiger partial charge in [0.15, 0.2) is 5.65 Å². The number of aryl methyl sites for hydroxylation is 4. The summed E-state index contributed by atoms with van der Waals surface area (Å²) in [6.07, 6.45) is 3.84. The normalized spacial score (nSPS) is 19.2. The Morgan fingerprint density at radius 2 is 1.80 bits per heavy atom. The van der Waals surface area contributed by atoms with Crippen LogP contribution in [-0.4, -0.2) is 86.8 Å². The number of rotatable bonds is 10. The number of likely N-dealkylation sites (tertiary alicyclic amines) is 1. The van der Waals surface area contributed by atoms with Crippen LogP contribution in [0.15, 0.2) is 41.3 Å². The van der Waals surface area contributed by atoms with Crippen LogP contribution in [-0.2, 0) is 28.4 Å². The first-order valence-electron chi connectivity index (χ1n) is 17.4. The molecular weight excluding hydrogens is 657 g/mol. The number of hydrogen-bond acceptors (Lipinski definition) is 9. The van der Waals surface area contributed by atoms with Gasteiger partial charge in [0.05, 0.1) is 17.7 Å². The van der Waals surface area contributed by atoms with E-state index in [-0.39, 0.29) is 23.9 Å². The van der Waals surface area contributed by atoms with Crippen LogP contribution in [0.1, 0.15) is 79.1 Å². The van der Waals surface area contributed by atoms with Gasteiger partial charge in [0, 0.05) is 42.7 Å². The van der Waals surface area contributed by atoms with Crippen molar-refractivity contribution in [3.8, 4) is 11.8 Å². The standard InChI is InChI=1S/C37H46N6O6S/c1-23-9-10-26(31(36(4,5)35(44)45)29-20-27-18-25(3)39-40-32(27)41(29)6)19-28(23)21-43-22-37(11-12-37)49-34-30(50(43,46)47)17-24(2)33(38-34)48-16-15-42-13-7-8-14-42/h9-10,17-20,31H,7-8,11-16,21-22H2,1-6H3,(H,44,45)/t31-/m0/s1. The number of aliphatic carboxylic acids is 1. The number of pyridine rings is 1. The second-order valence-corrected chi connectivity index (χ2v) is 16.8. The lowest BCUT2D eigenvalue weighted by atomic mass is 9.72. The van der Waals surface area contributed by atoms with Crippen molar-refractivity contribution in [3.63, 3.8) is 0 Å². The largest absolute Gasteiger partial charge is 0.481 e. The van der Waals surface area contributed by atoms with Crippen molar-refractivity contribution in [2.45, 2.75) is 83.3 Å². The van der Waals surface area contributed by atoms with Crippen LogP contribution in [0.25, 0.3) is 11.0 Å². The lowest BCUT2D eigenvalue weighted by Gasteiger charge is -2.32. The maximum absolute atomic E-state index is 14.4. The summed E-state index contributed by atoms with van der Waals surface area (Å²) in [5.74, 6) is -1.03. The van der Waals surface area contributed by atoms with Crippen LogP contribution in [0.2, 0.25) is 0 Å². The van der Waals surface area contributed by atoms with E-state index < -0.39 is 32.9 Å². The average Bonchev–Trinajstić information content (AvgIpc) is 3.47. The number of hydrogen-bond donors (Lipinski definition) is 1. The zero-order valence-corrected chi connectivity index (χ0v) is 30.5. The number of sulfonamides is 1. The van der Waals surface area contributed by atoms with Gasteiger partial charge in [-0.3, -0.25) is 9.69 Å². The second kappa shape index (κ2) is 12.6. The van der Waals surface area contributed by atoms with Gasteiger partial charge in [-0.25, -0.2) is 8.42 Å². The summed E-state index contributed by atoms with van der Waals surface area (Å²) in [4.78, 5) is 19.8. The topological polar surface area (TPSA) is 140 Å². The lowest BCUT2D eigenvalue weighted by molar-refractivity contribution is -0.147. The predicted molar refractivity (Wildman–Crippen MR) is 188 cm³/mol. The molecule has 5 heterocycles. The number of aromatic nitrogens is 4. The summed E-state index contributed by atoms with van der Waals surface area (Å²) < 4.78 is 44.7. The Hall–Kier alpha value is -4.07. The van der Waals surface area contributed by atoms with Gasteiger partial charge in [0.2, 0.25) is 21.8 Å². The van der Waals surface area contributed by atoms with Gasteiger partial charge >= 0.3 is 5.97 Å². The van der Waals surface area contributed by atoms with Crippen molar-refractivity contribution in [2.24, 2.45) is 12.5 Å². The third-order valence-electron chi connectivity index (χ3n) is 10.7. The monoisotopic (exact) mass is 702 g/mol. The van der Waals surface area contributed by atoms with Crippen LogP contribution in [0, 0.1) is 26.2 Å². The minimum absolute atomic E-state index is 0.0382. The third-order valence-corrected chi connectivity index (χ3v) is 12.5. The SMILES string of the molecule is Cc1cc2cc([C@H](c3ccc(C)c(CN4CC5(CC5)Oc5nc(OCCN6CCCC6)c(C)cc5S4(=O)=O)c3)C(C)(C)C(=O)O)n(C)c2nn1. The molecule has 4 aromatic rings. The fourth-order valence-corrected chi connectivity index (χ4v) is 9.02. The number of ether oxygens (including phenoxy) is 2. The maximum Gasteiger partial charge on any atom is 0.310 e. The minimum atomic E-state index is -4.02. The van der Waals surface area contributed by atoms with Crippen molar-refractivity contribution in [1.82, 2.24) is 29.0 Å². The zero-order chi connectivity index (χ0) is 35.6. The van der Waals surface area contributed by atoms with E-state index in [1.165, 1.54) is 17.1 Å². The molecule has 12 nitrogen and oxygen atoms in total. The highest BCUT2D eigenvalue weighted by molar-refractivity contribution is 7.89. The molecule has 1 spiro atoms. The fourth-order valence-electron chi connectivity index (χ4n) is 7.40. The van der Waals surface area contributed by atoms with Crippen molar-refractivity contribution >= 4 is 27.0 Å². The van der Waals surface area contributed by atoms with Gasteiger partial charge in [-0.1, -0.05) is 18.2 Å². The van der Waals surface area contributed by atoms with Crippen LogP contribution in [0.4, 0.5) is 0 Å². The molecule has 0 amide bonds. The number of nitrogens with zero attached hydrogens (tertiary/aromatic N) is 6. The Balaban J connectivity index is 1.23. The zero-order valence-electron chi connectivity index (χ0n) is 29.7. The summed E-state index contributed by atoms with van der Waals surface area (Å²) >= 11 is 0. The molecule has 1 N–H and O–H groups in total. The van der Waals surface area contributed by atoms with Gasteiger partial charge in [0.25, 0.3) is 0 Å². The average molecular weight is 703 g/mol. The van der Waals surface area contributed by atoms with Gasteiger partial charge in [-0.2, -0.15) is 14.4 Å². The van der Waals surface area contributed by atoms with Gasteiger partial charge < -0.3 is 19.1 Å². The van der Waals surface area contributed by atoms with E-state index in [4.69, 9.17) is 9.47 Å².